The zero-order valence-corrected chi connectivity index (χ0v) is 26.0. The number of likely N-dealkylation sites (tertiary alicyclic amines) is 1. The zero-order chi connectivity index (χ0) is 30.6. The molecule has 3 fully saturated rings. The molecule has 0 bridgehead atoms. The maximum Gasteiger partial charge on any atom is 0.410 e. The number of nitrogens with zero attached hydrogens (tertiary/aromatic N) is 5. The largest absolute Gasteiger partial charge is 0.489 e. The van der Waals surface area contributed by atoms with Crippen LogP contribution in [0.5, 0.6) is 5.75 Å². The lowest BCUT2D eigenvalue weighted by Gasteiger charge is -2.63. The molecule has 0 radical (unpaired) electrons. The summed E-state index contributed by atoms with van der Waals surface area (Å²) >= 11 is 6.20. The van der Waals surface area contributed by atoms with E-state index in [0.717, 1.165) is 18.9 Å². The Bertz CT molecular complexity index is 1380. The van der Waals surface area contributed by atoms with E-state index >= 15 is 0 Å². The van der Waals surface area contributed by atoms with Gasteiger partial charge >= 0.3 is 6.09 Å². The van der Waals surface area contributed by atoms with Crippen LogP contribution in [0.4, 0.5) is 10.6 Å². The second-order valence-corrected chi connectivity index (χ2v) is 14.3. The summed E-state index contributed by atoms with van der Waals surface area (Å²) in [4.78, 5) is 29.7. The van der Waals surface area contributed by atoms with Crippen molar-refractivity contribution in [3.05, 3.63) is 46.6 Å². The minimum atomic E-state index is -0.509. The van der Waals surface area contributed by atoms with Crippen molar-refractivity contribution in [2.45, 2.75) is 66.2 Å². The third kappa shape index (κ3) is 5.59. The van der Waals surface area contributed by atoms with Gasteiger partial charge in [-0.15, -0.1) is 10.2 Å². The van der Waals surface area contributed by atoms with Crippen molar-refractivity contribution in [3.8, 4) is 11.8 Å². The van der Waals surface area contributed by atoms with Gasteiger partial charge in [0.1, 0.15) is 23.5 Å². The lowest BCUT2D eigenvalue weighted by atomic mass is 9.49. The molecule has 2 saturated heterocycles. The molecule has 2 amide bonds. The topological polar surface area (TPSA) is 121 Å². The number of fused-ring (bicyclic) bond motifs is 1. The lowest BCUT2D eigenvalue weighted by molar-refractivity contribution is -0.164. The normalized spacial score (nSPS) is 25.7. The number of hydrogen-bond donors (Lipinski definition) is 1. The van der Waals surface area contributed by atoms with Gasteiger partial charge in [0.15, 0.2) is 11.5 Å². The predicted octanol–water partition coefficient (Wildman–Crippen LogP) is 4.92. The molecule has 11 heteroatoms. The first-order valence-electron chi connectivity index (χ1n) is 14.3. The van der Waals surface area contributed by atoms with Gasteiger partial charge in [-0.1, -0.05) is 39.3 Å². The number of nitrogens with one attached hydrogen (secondary N) is 1. The highest BCUT2D eigenvalue weighted by molar-refractivity contribution is 6.31. The van der Waals surface area contributed by atoms with Crippen LogP contribution in [0, 0.1) is 34.0 Å². The summed E-state index contributed by atoms with van der Waals surface area (Å²) in [6, 6.07) is 10.5. The van der Waals surface area contributed by atoms with Crippen molar-refractivity contribution < 1.29 is 19.1 Å². The summed E-state index contributed by atoms with van der Waals surface area (Å²) in [6.07, 6.45) is -0.457. The van der Waals surface area contributed by atoms with Crippen LogP contribution in [0.3, 0.4) is 0 Å². The first kappa shape index (κ1) is 29.9. The maximum absolute atomic E-state index is 13.2. The highest BCUT2D eigenvalue weighted by Gasteiger charge is 2.64. The van der Waals surface area contributed by atoms with E-state index in [2.05, 4.69) is 54.2 Å². The van der Waals surface area contributed by atoms with Crippen molar-refractivity contribution in [2.24, 2.45) is 22.7 Å². The van der Waals surface area contributed by atoms with Gasteiger partial charge in [-0.3, -0.25) is 4.79 Å². The fourth-order valence-electron chi connectivity index (χ4n) is 7.07. The van der Waals surface area contributed by atoms with Crippen molar-refractivity contribution in [3.63, 3.8) is 0 Å². The Balaban J connectivity index is 1.17. The molecule has 2 aromatic rings. The van der Waals surface area contributed by atoms with E-state index < -0.39 is 5.60 Å². The number of aromatic nitrogens is 2. The summed E-state index contributed by atoms with van der Waals surface area (Å²) in [7, 11) is 0. The van der Waals surface area contributed by atoms with Crippen molar-refractivity contribution in [1.29, 1.82) is 5.26 Å². The standard InChI is InChI=1S/C31H39ClN6O4/c1-29(2,3)42-28(40)38-16-19-14-37(15-20(19)17-38)24-11-10-23(35-36-24)25(39)34-26-30(4,5)27(31(26,6)7)41-21-9-8-18(13-33)22(32)12-21/h8-12,19-20,26-27H,14-17H2,1-7H3,(H,34,39)/t19?,20?,26-,27-. The van der Waals surface area contributed by atoms with Crippen molar-refractivity contribution in [1.82, 2.24) is 20.4 Å². The molecule has 3 aliphatic rings. The molecule has 0 spiro atoms. The van der Waals surface area contributed by atoms with Crippen LogP contribution in [0.15, 0.2) is 30.3 Å². The van der Waals surface area contributed by atoms with Crippen molar-refractivity contribution in [2.75, 3.05) is 31.1 Å². The number of nitriles is 1. The molecule has 1 aliphatic carbocycles. The summed E-state index contributed by atoms with van der Waals surface area (Å²) in [5, 5.41) is 21.3. The van der Waals surface area contributed by atoms with Crippen LogP contribution >= 0.6 is 11.6 Å². The molecule has 1 saturated carbocycles. The predicted molar refractivity (Wildman–Crippen MR) is 158 cm³/mol. The van der Waals surface area contributed by atoms with E-state index in [0.29, 0.717) is 41.3 Å². The summed E-state index contributed by atoms with van der Waals surface area (Å²) in [5.41, 5.74) is -0.624. The zero-order valence-electron chi connectivity index (χ0n) is 25.3. The fraction of sp³-hybridized carbons (Fsp3) is 0.581. The Morgan fingerprint density at radius 3 is 2.19 bits per heavy atom. The van der Waals surface area contributed by atoms with Gasteiger partial charge in [0.25, 0.3) is 5.91 Å². The van der Waals surface area contributed by atoms with Crippen LogP contribution in [-0.2, 0) is 4.74 Å². The Morgan fingerprint density at radius 2 is 1.67 bits per heavy atom. The Morgan fingerprint density at radius 1 is 1.02 bits per heavy atom. The summed E-state index contributed by atoms with van der Waals surface area (Å²) in [6.45, 7) is 16.7. The quantitative estimate of drug-likeness (QED) is 0.518. The summed E-state index contributed by atoms with van der Waals surface area (Å²) in [5.74, 6) is 1.72. The first-order chi connectivity index (χ1) is 19.6. The van der Waals surface area contributed by atoms with E-state index in [9.17, 15) is 9.59 Å². The second-order valence-electron chi connectivity index (χ2n) is 13.9. The minimum Gasteiger partial charge on any atom is -0.489 e. The number of amides is 2. The fourth-order valence-corrected chi connectivity index (χ4v) is 7.28. The molecule has 10 nitrogen and oxygen atoms in total. The molecule has 2 aliphatic heterocycles. The molecular formula is C31H39ClN6O4. The highest BCUT2D eigenvalue weighted by Crippen LogP contribution is 2.55. The average Bonchev–Trinajstić information content (AvgIpc) is 3.49. The molecule has 5 rings (SSSR count). The Labute approximate surface area is 252 Å². The number of carbonyl (C=O) groups excluding carboxylic acids is 2. The van der Waals surface area contributed by atoms with Gasteiger partial charge in [0.2, 0.25) is 0 Å². The van der Waals surface area contributed by atoms with Crippen LogP contribution in [-0.4, -0.2) is 71.0 Å². The van der Waals surface area contributed by atoms with Gasteiger partial charge in [-0.05, 0) is 45.0 Å². The highest BCUT2D eigenvalue weighted by atomic mass is 35.5. The molecule has 2 atom stereocenters. The number of hydrogen-bond acceptors (Lipinski definition) is 8. The van der Waals surface area contributed by atoms with Gasteiger partial charge in [0, 0.05) is 61.0 Å². The van der Waals surface area contributed by atoms with Crippen LogP contribution in [0.2, 0.25) is 5.02 Å². The van der Waals surface area contributed by atoms with E-state index in [1.165, 1.54) is 0 Å². The third-order valence-corrected chi connectivity index (χ3v) is 9.09. The summed E-state index contributed by atoms with van der Waals surface area (Å²) < 4.78 is 11.9. The smallest absolute Gasteiger partial charge is 0.410 e. The number of benzene rings is 1. The molecule has 224 valence electrons. The molecule has 3 heterocycles. The molecular weight excluding hydrogens is 556 g/mol. The lowest BCUT2D eigenvalue weighted by Crippen LogP contribution is -2.74. The monoisotopic (exact) mass is 594 g/mol. The number of anilines is 1. The average molecular weight is 595 g/mol. The molecule has 2 unspecified atom stereocenters. The minimum absolute atomic E-state index is 0.177. The molecule has 1 N–H and O–H groups in total. The maximum atomic E-state index is 13.2. The van der Waals surface area contributed by atoms with E-state index in [1.807, 2.05) is 26.8 Å². The SMILES string of the molecule is CC(C)(C)OC(=O)N1CC2CN(c3ccc(C(=O)N[C@H]4C(C)(C)[C@H](Oc5ccc(C#N)c(Cl)c5)C4(C)C)nn3)CC2C1. The van der Waals surface area contributed by atoms with Gasteiger partial charge in [-0.2, -0.15) is 5.26 Å². The van der Waals surface area contributed by atoms with Crippen LogP contribution in [0.25, 0.3) is 0 Å². The van der Waals surface area contributed by atoms with Crippen LogP contribution in [0.1, 0.15) is 64.5 Å². The van der Waals surface area contributed by atoms with Crippen molar-refractivity contribution >= 4 is 29.4 Å². The molecule has 1 aromatic heterocycles. The Hall–Kier alpha value is -3.58. The van der Waals surface area contributed by atoms with E-state index in [1.54, 1.807) is 29.2 Å². The third-order valence-electron chi connectivity index (χ3n) is 8.77. The van der Waals surface area contributed by atoms with Gasteiger partial charge < -0.3 is 24.6 Å². The van der Waals surface area contributed by atoms with E-state index in [4.69, 9.17) is 26.3 Å². The first-order valence-corrected chi connectivity index (χ1v) is 14.7. The Kier molecular flexibility index (Phi) is 7.55. The number of ether oxygens (including phenoxy) is 2. The van der Waals surface area contributed by atoms with E-state index in [-0.39, 0.29) is 40.7 Å². The second kappa shape index (κ2) is 10.6. The number of halogens is 1. The molecule has 1 aromatic carbocycles. The van der Waals surface area contributed by atoms with Gasteiger partial charge in [-0.25, -0.2) is 4.79 Å². The molecule has 42 heavy (non-hydrogen) atoms. The van der Waals surface area contributed by atoms with Gasteiger partial charge in [0.05, 0.1) is 10.6 Å². The van der Waals surface area contributed by atoms with Crippen LogP contribution < -0.4 is 15.0 Å². The number of carbonyl (C=O) groups is 2. The number of rotatable bonds is 5.